The molecule has 2 rings (SSSR count). The Morgan fingerprint density at radius 3 is 2.93 bits per heavy atom. The molecule has 0 aromatic heterocycles. The lowest BCUT2D eigenvalue weighted by atomic mass is 10.1. The average Bonchev–Trinajstić information content (AvgIpc) is 2.44. The molecule has 76 valence electrons. The third-order valence-corrected chi connectivity index (χ3v) is 2.37. The van der Waals surface area contributed by atoms with E-state index in [-0.39, 0.29) is 11.4 Å². The first kappa shape index (κ1) is 11.0. The smallest absolute Gasteiger partial charge is 0.228 e. The van der Waals surface area contributed by atoms with Gasteiger partial charge in [0.05, 0.1) is 6.42 Å². The highest BCUT2D eigenvalue weighted by atomic mass is 35.5. The first-order chi connectivity index (χ1) is 6.29. The Morgan fingerprint density at radius 2 is 2.21 bits per heavy atom. The molecule has 0 fully saturated rings. The van der Waals surface area contributed by atoms with E-state index >= 15 is 0 Å². The average molecular weight is 214 g/mol. The van der Waals surface area contributed by atoms with Gasteiger partial charge in [-0.05, 0) is 23.6 Å². The number of nitrogens with one attached hydrogen (secondary N) is 1. The van der Waals surface area contributed by atoms with Crippen LogP contribution in [0, 0.1) is 0 Å². The number of carbonyl (C=O) groups is 1. The summed E-state index contributed by atoms with van der Waals surface area (Å²) < 4.78 is 0. The van der Waals surface area contributed by atoms with Gasteiger partial charge in [-0.25, -0.2) is 0 Å². The van der Waals surface area contributed by atoms with Crippen LogP contribution in [0.5, 0.6) is 0 Å². The Kier molecular flexibility index (Phi) is 3.49. The molecule has 14 heavy (non-hydrogen) atoms. The van der Waals surface area contributed by atoms with E-state index in [0.717, 1.165) is 17.7 Å². The van der Waals surface area contributed by atoms with Crippen molar-refractivity contribution in [3.63, 3.8) is 0 Å². The van der Waals surface area contributed by atoms with Crippen LogP contribution in [0.25, 0.3) is 0 Å². The Balaban J connectivity index is 0.000000980. The van der Waals surface area contributed by atoms with Gasteiger partial charge in [-0.2, -0.15) is 0 Å². The van der Waals surface area contributed by atoms with Gasteiger partial charge < -0.3 is 10.8 Å². The van der Waals surface area contributed by atoms with E-state index in [1.165, 1.54) is 5.56 Å². The number of aryl methyl sites for hydroxylation is 1. The first-order valence-electron chi connectivity index (χ1n) is 4.27. The van der Waals surface area contributed by atoms with Crippen molar-refractivity contribution in [1.82, 2.24) is 0 Å². The van der Waals surface area contributed by atoms with Crippen molar-refractivity contribution in [1.29, 1.82) is 0 Å². The largest absolute Gasteiger partial charge is 0.412 e. The monoisotopic (exact) mass is 213 g/mol. The number of fused-ring (bicyclic) bond motifs is 1. The van der Waals surface area contributed by atoms with Crippen LogP contribution in [0.2, 0.25) is 0 Å². The number of amides is 1. The quantitative estimate of drug-likeness (QED) is 0.736. The fraction of sp³-hybridized carbons (Fsp3) is 0.300. The molecule has 1 amide bonds. The molecular weight excluding hydrogens is 202 g/mol. The molecule has 1 aliphatic heterocycles. The number of halogens is 1. The Bertz CT molecular complexity index is 352. The zero-order valence-electron chi connectivity index (χ0n) is 7.64. The molecule has 1 heterocycles. The number of alkyl halides is 1. The highest BCUT2D eigenvalue weighted by Crippen LogP contribution is 2.23. The number of benzene rings is 1. The van der Waals surface area contributed by atoms with Crippen LogP contribution in [0.15, 0.2) is 18.2 Å². The summed E-state index contributed by atoms with van der Waals surface area (Å²) >= 11 is 5.63. The molecule has 3 N–H and O–H groups in total. The Labute approximate surface area is 87.4 Å². The summed E-state index contributed by atoms with van der Waals surface area (Å²) in [6.07, 6.45) is 1.37. The van der Waals surface area contributed by atoms with E-state index < -0.39 is 0 Å². The van der Waals surface area contributed by atoms with Gasteiger partial charge in [0.2, 0.25) is 5.91 Å². The lowest BCUT2D eigenvalue weighted by molar-refractivity contribution is -0.115. The fourth-order valence-corrected chi connectivity index (χ4v) is 1.77. The lowest BCUT2D eigenvalue weighted by Gasteiger charge is -2.01. The van der Waals surface area contributed by atoms with Crippen LogP contribution < -0.4 is 5.32 Å². The van der Waals surface area contributed by atoms with E-state index in [9.17, 15) is 4.79 Å². The van der Waals surface area contributed by atoms with Crippen molar-refractivity contribution >= 4 is 23.2 Å². The van der Waals surface area contributed by atoms with Gasteiger partial charge in [-0.3, -0.25) is 4.79 Å². The maximum Gasteiger partial charge on any atom is 0.228 e. The molecule has 0 bridgehead atoms. The van der Waals surface area contributed by atoms with Gasteiger partial charge in [0.15, 0.2) is 0 Å². The normalized spacial score (nSPS) is 13.1. The summed E-state index contributed by atoms with van der Waals surface area (Å²) in [5.74, 6) is 0.707. The summed E-state index contributed by atoms with van der Waals surface area (Å²) in [5.41, 5.74) is 3.24. The van der Waals surface area contributed by atoms with Gasteiger partial charge >= 0.3 is 0 Å². The Hall–Kier alpha value is -1.06. The topological polar surface area (TPSA) is 60.6 Å². The summed E-state index contributed by atoms with van der Waals surface area (Å²) in [6, 6.07) is 6.00. The summed E-state index contributed by atoms with van der Waals surface area (Å²) in [4.78, 5) is 11.0. The van der Waals surface area contributed by atoms with Crippen molar-refractivity contribution in [2.45, 2.75) is 12.8 Å². The molecule has 0 atom stereocenters. The SMILES string of the molecule is O.O=C1Cc2cc(CCCl)ccc2N1. The van der Waals surface area contributed by atoms with Gasteiger partial charge in [0.25, 0.3) is 0 Å². The van der Waals surface area contributed by atoms with E-state index in [1.54, 1.807) is 0 Å². The van der Waals surface area contributed by atoms with Crippen LogP contribution in [0.4, 0.5) is 5.69 Å². The van der Waals surface area contributed by atoms with Crippen LogP contribution >= 0.6 is 11.6 Å². The predicted octanol–water partition coefficient (Wildman–Crippen LogP) is 1.14. The standard InChI is InChI=1S/C10H10ClNO.H2O/c11-4-3-7-1-2-9-8(5-7)6-10(13)12-9;/h1-2,5H,3-4,6H2,(H,12,13);1H2. The molecule has 0 spiro atoms. The molecule has 0 unspecified atom stereocenters. The molecule has 0 radical (unpaired) electrons. The van der Waals surface area contributed by atoms with Crippen LogP contribution in [0.3, 0.4) is 0 Å². The van der Waals surface area contributed by atoms with Crippen LogP contribution in [0.1, 0.15) is 11.1 Å². The van der Waals surface area contributed by atoms with Crippen molar-refractivity contribution in [2.75, 3.05) is 11.2 Å². The number of hydrogen-bond donors (Lipinski definition) is 1. The van der Waals surface area contributed by atoms with Gasteiger partial charge in [-0.15, -0.1) is 11.6 Å². The maximum absolute atomic E-state index is 11.0. The summed E-state index contributed by atoms with van der Waals surface area (Å²) in [6.45, 7) is 0. The van der Waals surface area contributed by atoms with Crippen LogP contribution in [-0.2, 0) is 17.6 Å². The molecule has 4 heteroatoms. The van der Waals surface area contributed by atoms with E-state index in [1.807, 2.05) is 12.1 Å². The highest BCUT2D eigenvalue weighted by Gasteiger charge is 2.16. The summed E-state index contributed by atoms with van der Waals surface area (Å²) in [7, 11) is 0. The molecule has 0 saturated carbocycles. The van der Waals surface area contributed by atoms with Crippen molar-refractivity contribution in [3.05, 3.63) is 29.3 Å². The second kappa shape index (κ2) is 4.44. The molecule has 0 saturated heterocycles. The second-order valence-electron chi connectivity index (χ2n) is 3.16. The molecule has 1 aromatic carbocycles. The van der Waals surface area contributed by atoms with Crippen molar-refractivity contribution in [2.24, 2.45) is 0 Å². The Morgan fingerprint density at radius 1 is 1.43 bits per heavy atom. The minimum absolute atomic E-state index is 0. The zero-order chi connectivity index (χ0) is 9.26. The third kappa shape index (κ3) is 2.05. The van der Waals surface area contributed by atoms with Gasteiger partial charge in [0.1, 0.15) is 0 Å². The van der Waals surface area contributed by atoms with Gasteiger partial charge in [0, 0.05) is 11.6 Å². The van der Waals surface area contributed by atoms with E-state index in [4.69, 9.17) is 11.6 Å². The van der Waals surface area contributed by atoms with Crippen molar-refractivity contribution < 1.29 is 10.3 Å². The van der Waals surface area contributed by atoms with Crippen LogP contribution in [-0.4, -0.2) is 17.3 Å². The van der Waals surface area contributed by atoms with E-state index in [2.05, 4.69) is 11.4 Å². The third-order valence-electron chi connectivity index (χ3n) is 2.18. The molecule has 3 nitrogen and oxygen atoms in total. The van der Waals surface area contributed by atoms with Gasteiger partial charge in [-0.1, -0.05) is 12.1 Å². The van der Waals surface area contributed by atoms with Crippen molar-refractivity contribution in [3.8, 4) is 0 Å². The zero-order valence-corrected chi connectivity index (χ0v) is 8.40. The minimum atomic E-state index is 0. The maximum atomic E-state index is 11.0. The number of rotatable bonds is 2. The molecule has 0 aliphatic carbocycles. The highest BCUT2D eigenvalue weighted by molar-refractivity contribution is 6.18. The molecule has 1 aromatic rings. The minimum Gasteiger partial charge on any atom is -0.412 e. The first-order valence-corrected chi connectivity index (χ1v) is 4.80. The fourth-order valence-electron chi connectivity index (χ4n) is 1.55. The molecule has 1 aliphatic rings. The number of hydrogen-bond acceptors (Lipinski definition) is 1. The lowest BCUT2D eigenvalue weighted by Crippen LogP contribution is -2.03. The summed E-state index contributed by atoms with van der Waals surface area (Å²) in [5, 5.41) is 2.79. The molecular formula is C10H12ClNO2. The number of carbonyl (C=O) groups excluding carboxylic acids is 1. The predicted molar refractivity (Wildman–Crippen MR) is 56.8 cm³/mol. The second-order valence-corrected chi connectivity index (χ2v) is 3.53. The van der Waals surface area contributed by atoms with E-state index in [0.29, 0.717) is 12.3 Å². The number of anilines is 1.